The van der Waals surface area contributed by atoms with Gasteiger partial charge >= 0.3 is 0 Å². The zero-order valence-corrected chi connectivity index (χ0v) is 12.4. The normalized spacial score (nSPS) is 12.6. The number of thioether (sulfide) groups is 1. The van der Waals surface area contributed by atoms with E-state index in [1.807, 2.05) is 18.2 Å². The third kappa shape index (κ3) is 3.49. The van der Waals surface area contributed by atoms with Crippen molar-refractivity contribution < 1.29 is 0 Å². The number of rotatable bonds is 5. The Kier molecular flexibility index (Phi) is 5.09. The van der Waals surface area contributed by atoms with E-state index in [9.17, 15) is 0 Å². The van der Waals surface area contributed by atoms with Crippen molar-refractivity contribution in [2.75, 3.05) is 5.75 Å². The maximum atomic E-state index is 5.97. The number of nitrogens with one attached hydrogen (secondary N) is 1. The van der Waals surface area contributed by atoms with E-state index in [1.54, 1.807) is 23.1 Å². The van der Waals surface area contributed by atoms with Crippen molar-refractivity contribution >= 4 is 34.7 Å². The van der Waals surface area contributed by atoms with E-state index in [0.29, 0.717) is 0 Å². The van der Waals surface area contributed by atoms with Crippen LogP contribution in [0.4, 0.5) is 0 Å². The van der Waals surface area contributed by atoms with Gasteiger partial charge in [0.05, 0.1) is 6.04 Å². The van der Waals surface area contributed by atoms with Crippen LogP contribution < -0.4 is 11.3 Å². The third-order valence-electron chi connectivity index (χ3n) is 2.69. The summed E-state index contributed by atoms with van der Waals surface area (Å²) < 4.78 is 0. The SMILES string of the molecule is Cc1sccc1C(CSc1cccc(Cl)c1)NN. The van der Waals surface area contributed by atoms with Gasteiger partial charge in [-0.1, -0.05) is 17.7 Å². The number of hydrogen-bond acceptors (Lipinski definition) is 4. The summed E-state index contributed by atoms with van der Waals surface area (Å²) in [6.07, 6.45) is 0. The number of aryl methyl sites for hydroxylation is 1. The Morgan fingerprint density at radius 2 is 2.28 bits per heavy atom. The van der Waals surface area contributed by atoms with E-state index >= 15 is 0 Å². The molecule has 1 atom stereocenters. The molecule has 0 spiro atoms. The molecule has 1 heterocycles. The van der Waals surface area contributed by atoms with Crippen molar-refractivity contribution in [1.29, 1.82) is 0 Å². The summed E-state index contributed by atoms with van der Waals surface area (Å²) in [5.41, 5.74) is 4.16. The molecule has 2 nitrogen and oxygen atoms in total. The van der Waals surface area contributed by atoms with Crippen LogP contribution in [0.25, 0.3) is 0 Å². The van der Waals surface area contributed by atoms with Crippen molar-refractivity contribution in [3.05, 3.63) is 51.2 Å². The molecule has 0 saturated heterocycles. The lowest BCUT2D eigenvalue weighted by Crippen LogP contribution is -2.29. The summed E-state index contributed by atoms with van der Waals surface area (Å²) in [4.78, 5) is 2.47. The van der Waals surface area contributed by atoms with Gasteiger partial charge in [0.25, 0.3) is 0 Å². The van der Waals surface area contributed by atoms with Gasteiger partial charge < -0.3 is 0 Å². The Morgan fingerprint density at radius 3 is 2.89 bits per heavy atom. The molecule has 2 rings (SSSR count). The number of hydrogen-bond donors (Lipinski definition) is 2. The van der Waals surface area contributed by atoms with Gasteiger partial charge in [0.1, 0.15) is 0 Å². The Labute approximate surface area is 121 Å². The average Bonchev–Trinajstić information content (AvgIpc) is 2.77. The summed E-state index contributed by atoms with van der Waals surface area (Å²) >= 11 is 9.47. The summed E-state index contributed by atoms with van der Waals surface area (Å²) in [6.45, 7) is 2.12. The van der Waals surface area contributed by atoms with Crippen molar-refractivity contribution in [3.8, 4) is 0 Å². The van der Waals surface area contributed by atoms with Gasteiger partial charge in [0, 0.05) is 20.5 Å². The average molecular weight is 299 g/mol. The van der Waals surface area contributed by atoms with E-state index in [0.717, 1.165) is 15.7 Å². The second-order valence-corrected chi connectivity index (χ2v) is 6.57. The Hall–Kier alpha value is -0.520. The van der Waals surface area contributed by atoms with Gasteiger partial charge in [-0.15, -0.1) is 23.1 Å². The van der Waals surface area contributed by atoms with Gasteiger partial charge in [-0.05, 0) is 42.1 Å². The highest BCUT2D eigenvalue weighted by molar-refractivity contribution is 7.99. The summed E-state index contributed by atoms with van der Waals surface area (Å²) in [7, 11) is 0. The minimum atomic E-state index is 0.167. The van der Waals surface area contributed by atoms with Crippen LogP contribution in [0.1, 0.15) is 16.5 Å². The van der Waals surface area contributed by atoms with Crippen molar-refractivity contribution in [1.82, 2.24) is 5.43 Å². The van der Waals surface area contributed by atoms with Crippen LogP contribution in [0.3, 0.4) is 0 Å². The van der Waals surface area contributed by atoms with Gasteiger partial charge in [-0.25, -0.2) is 0 Å². The van der Waals surface area contributed by atoms with Crippen LogP contribution in [0.15, 0.2) is 40.6 Å². The predicted molar refractivity (Wildman–Crippen MR) is 81.3 cm³/mol. The lowest BCUT2D eigenvalue weighted by atomic mass is 10.1. The Morgan fingerprint density at radius 1 is 1.44 bits per heavy atom. The highest BCUT2D eigenvalue weighted by Gasteiger charge is 2.13. The molecule has 0 fully saturated rings. The zero-order chi connectivity index (χ0) is 13.0. The van der Waals surface area contributed by atoms with Crippen molar-refractivity contribution in [2.24, 2.45) is 5.84 Å². The fraction of sp³-hybridized carbons (Fsp3) is 0.231. The van der Waals surface area contributed by atoms with Crippen LogP contribution in [0, 0.1) is 6.92 Å². The smallest absolute Gasteiger partial charge is 0.0564 e. The highest BCUT2D eigenvalue weighted by atomic mass is 35.5. The summed E-state index contributed by atoms with van der Waals surface area (Å²) in [6, 6.07) is 10.2. The van der Waals surface area contributed by atoms with E-state index in [-0.39, 0.29) is 6.04 Å². The minimum Gasteiger partial charge on any atom is -0.271 e. The van der Waals surface area contributed by atoms with E-state index in [1.165, 1.54) is 10.4 Å². The Balaban J connectivity index is 2.02. The molecule has 0 aliphatic carbocycles. The van der Waals surface area contributed by atoms with Crippen LogP contribution in [-0.4, -0.2) is 5.75 Å². The molecule has 96 valence electrons. The molecule has 2 aromatic rings. The molecule has 1 aromatic carbocycles. The fourth-order valence-corrected chi connectivity index (χ4v) is 3.76. The maximum Gasteiger partial charge on any atom is 0.0564 e. The standard InChI is InChI=1S/C13H15ClN2S2/c1-9-12(5-6-17-9)13(16-15)8-18-11-4-2-3-10(14)7-11/h2-7,13,16H,8,15H2,1H3. The number of thiophene rings is 1. The maximum absolute atomic E-state index is 5.97. The Bertz CT molecular complexity index is 513. The molecule has 3 N–H and O–H groups in total. The largest absolute Gasteiger partial charge is 0.271 e. The summed E-state index contributed by atoms with van der Waals surface area (Å²) in [5, 5.41) is 2.86. The zero-order valence-electron chi connectivity index (χ0n) is 10.0. The van der Waals surface area contributed by atoms with Crippen LogP contribution >= 0.6 is 34.7 Å². The molecule has 5 heteroatoms. The second-order valence-electron chi connectivity index (χ2n) is 3.92. The lowest BCUT2D eigenvalue weighted by molar-refractivity contribution is 0.610. The molecular formula is C13H15ClN2S2. The number of nitrogens with two attached hydrogens (primary N) is 1. The van der Waals surface area contributed by atoms with Crippen molar-refractivity contribution in [3.63, 3.8) is 0 Å². The quantitative estimate of drug-likeness (QED) is 0.498. The molecule has 0 radical (unpaired) electrons. The summed E-state index contributed by atoms with van der Waals surface area (Å²) in [5.74, 6) is 6.53. The number of hydrazine groups is 1. The van der Waals surface area contributed by atoms with Gasteiger partial charge in [0.2, 0.25) is 0 Å². The van der Waals surface area contributed by atoms with Gasteiger partial charge in [0.15, 0.2) is 0 Å². The molecule has 1 unspecified atom stereocenters. The second kappa shape index (κ2) is 6.59. The molecule has 0 amide bonds. The van der Waals surface area contributed by atoms with Crippen LogP contribution in [0.5, 0.6) is 0 Å². The first-order valence-corrected chi connectivity index (χ1v) is 7.83. The van der Waals surface area contributed by atoms with E-state index in [2.05, 4.69) is 29.9 Å². The first-order chi connectivity index (χ1) is 8.70. The lowest BCUT2D eigenvalue weighted by Gasteiger charge is -2.15. The first kappa shape index (κ1) is 13.9. The third-order valence-corrected chi connectivity index (χ3v) is 4.87. The monoisotopic (exact) mass is 298 g/mol. The predicted octanol–water partition coefficient (Wildman–Crippen LogP) is 4.01. The minimum absolute atomic E-state index is 0.167. The van der Waals surface area contributed by atoms with Gasteiger partial charge in [-0.3, -0.25) is 11.3 Å². The van der Waals surface area contributed by atoms with E-state index in [4.69, 9.17) is 17.4 Å². The topological polar surface area (TPSA) is 38.0 Å². The molecular weight excluding hydrogens is 284 g/mol. The highest BCUT2D eigenvalue weighted by Crippen LogP contribution is 2.29. The van der Waals surface area contributed by atoms with Crippen LogP contribution in [-0.2, 0) is 0 Å². The molecule has 0 saturated carbocycles. The fourth-order valence-electron chi connectivity index (χ4n) is 1.72. The van der Waals surface area contributed by atoms with Crippen molar-refractivity contribution in [2.45, 2.75) is 17.9 Å². The molecule has 18 heavy (non-hydrogen) atoms. The molecule has 1 aromatic heterocycles. The molecule has 0 bridgehead atoms. The number of benzene rings is 1. The number of halogens is 1. The van der Waals surface area contributed by atoms with Gasteiger partial charge in [-0.2, -0.15) is 0 Å². The van der Waals surface area contributed by atoms with Crippen LogP contribution in [0.2, 0.25) is 5.02 Å². The van der Waals surface area contributed by atoms with E-state index < -0.39 is 0 Å². The molecule has 0 aliphatic rings. The first-order valence-electron chi connectivity index (χ1n) is 5.59. The molecule has 0 aliphatic heterocycles.